The normalized spacial score (nSPS) is 15.8. The molecule has 148 valence electrons. The number of furan rings is 1. The van der Waals surface area contributed by atoms with Crippen molar-refractivity contribution in [1.29, 1.82) is 0 Å². The van der Waals surface area contributed by atoms with E-state index in [2.05, 4.69) is 9.97 Å². The van der Waals surface area contributed by atoms with Crippen molar-refractivity contribution in [3.05, 3.63) is 47.3 Å². The van der Waals surface area contributed by atoms with Crippen LogP contribution in [0.1, 0.15) is 11.5 Å². The fourth-order valence-electron chi connectivity index (χ4n) is 2.72. The van der Waals surface area contributed by atoms with Gasteiger partial charge in [0.2, 0.25) is 10.0 Å². The van der Waals surface area contributed by atoms with Crippen molar-refractivity contribution in [3.8, 4) is 10.8 Å². The van der Waals surface area contributed by atoms with Crippen LogP contribution in [0.5, 0.6) is 0 Å². The van der Waals surface area contributed by atoms with Gasteiger partial charge in [0, 0.05) is 30.4 Å². The Labute approximate surface area is 171 Å². The molecule has 4 rings (SSSR count). The molecule has 28 heavy (non-hydrogen) atoms. The van der Waals surface area contributed by atoms with E-state index < -0.39 is 10.0 Å². The van der Waals surface area contributed by atoms with Crippen molar-refractivity contribution < 1.29 is 17.6 Å². The lowest BCUT2D eigenvalue weighted by atomic mass is 10.4. The number of morpholine rings is 1. The highest BCUT2D eigenvalue weighted by atomic mass is 32.2. The molecule has 0 atom stereocenters. The standard InChI is InChI=1S/C18H19N3O4S3/c1-13-2-4-16(25-13)18-20-14(12-27-18)11-26-17-5-3-15(10-19-17)28(22,23)21-6-8-24-9-7-21/h2-5,10,12H,6-9,11H2,1H3. The fourth-order valence-corrected chi connectivity index (χ4v) is 5.70. The number of ether oxygens (including phenoxy) is 1. The van der Waals surface area contributed by atoms with Crippen LogP contribution >= 0.6 is 23.1 Å². The minimum atomic E-state index is -3.51. The fraction of sp³-hybridized carbons (Fsp3) is 0.333. The number of sulfonamides is 1. The lowest BCUT2D eigenvalue weighted by molar-refractivity contribution is 0.0730. The molecule has 4 heterocycles. The van der Waals surface area contributed by atoms with Gasteiger partial charge in [-0.05, 0) is 31.2 Å². The number of aromatic nitrogens is 2. The molecule has 7 nitrogen and oxygen atoms in total. The Morgan fingerprint density at radius 1 is 1.21 bits per heavy atom. The van der Waals surface area contributed by atoms with Gasteiger partial charge in [0.05, 0.1) is 23.9 Å². The molecule has 0 N–H and O–H groups in total. The van der Waals surface area contributed by atoms with Gasteiger partial charge < -0.3 is 9.15 Å². The summed E-state index contributed by atoms with van der Waals surface area (Å²) in [5.41, 5.74) is 0.936. The van der Waals surface area contributed by atoms with E-state index in [1.54, 1.807) is 12.1 Å². The van der Waals surface area contributed by atoms with E-state index in [-0.39, 0.29) is 4.90 Å². The summed E-state index contributed by atoms with van der Waals surface area (Å²) >= 11 is 3.06. The van der Waals surface area contributed by atoms with Gasteiger partial charge in [-0.25, -0.2) is 18.4 Å². The first kappa shape index (κ1) is 19.6. The van der Waals surface area contributed by atoms with Crippen LogP contribution in [0.2, 0.25) is 0 Å². The molecule has 0 aliphatic carbocycles. The number of thioether (sulfide) groups is 1. The largest absolute Gasteiger partial charge is 0.459 e. The molecular weight excluding hydrogens is 418 g/mol. The Balaban J connectivity index is 1.39. The van der Waals surface area contributed by atoms with E-state index in [0.717, 1.165) is 27.2 Å². The maximum Gasteiger partial charge on any atom is 0.244 e. The number of hydrogen-bond donors (Lipinski definition) is 0. The highest BCUT2D eigenvalue weighted by Crippen LogP contribution is 2.29. The summed E-state index contributed by atoms with van der Waals surface area (Å²) in [6, 6.07) is 7.18. The van der Waals surface area contributed by atoms with E-state index in [4.69, 9.17) is 9.15 Å². The monoisotopic (exact) mass is 437 g/mol. The maximum atomic E-state index is 12.6. The lowest BCUT2D eigenvalue weighted by Crippen LogP contribution is -2.40. The first-order chi connectivity index (χ1) is 13.5. The molecule has 1 aliphatic rings. The molecule has 0 spiro atoms. The van der Waals surface area contributed by atoms with Gasteiger partial charge in [-0.1, -0.05) is 0 Å². The third-order valence-corrected chi connectivity index (χ3v) is 7.95. The molecule has 0 saturated carbocycles. The zero-order valence-corrected chi connectivity index (χ0v) is 17.6. The second-order valence-electron chi connectivity index (χ2n) is 6.19. The molecule has 1 aliphatic heterocycles. The van der Waals surface area contributed by atoms with Crippen LogP contribution in [0.15, 0.2) is 50.2 Å². The number of thiazole rings is 1. The van der Waals surface area contributed by atoms with Gasteiger partial charge >= 0.3 is 0 Å². The number of nitrogens with zero attached hydrogens (tertiary/aromatic N) is 3. The minimum Gasteiger partial charge on any atom is -0.459 e. The molecule has 0 amide bonds. The van der Waals surface area contributed by atoms with Crippen LogP contribution in [0.4, 0.5) is 0 Å². The molecule has 0 bridgehead atoms. The average Bonchev–Trinajstić information content (AvgIpc) is 3.36. The summed E-state index contributed by atoms with van der Waals surface area (Å²) < 4.78 is 37.5. The summed E-state index contributed by atoms with van der Waals surface area (Å²) in [4.78, 5) is 9.11. The summed E-state index contributed by atoms with van der Waals surface area (Å²) in [5, 5.41) is 3.60. The van der Waals surface area contributed by atoms with E-state index in [1.807, 2.05) is 24.4 Å². The van der Waals surface area contributed by atoms with Gasteiger partial charge in [-0.2, -0.15) is 4.31 Å². The van der Waals surface area contributed by atoms with Gasteiger partial charge in [0.1, 0.15) is 10.7 Å². The van der Waals surface area contributed by atoms with Gasteiger partial charge in [0.15, 0.2) is 10.8 Å². The van der Waals surface area contributed by atoms with Crippen LogP contribution in [0.25, 0.3) is 10.8 Å². The Bertz CT molecular complexity index is 1040. The summed E-state index contributed by atoms with van der Waals surface area (Å²) in [6.45, 7) is 3.50. The van der Waals surface area contributed by atoms with Crippen molar-refractivity contribution in [3.63, 3.8) is 0 Å². The number of rotatable bonds is 6. The van der Waals surface area contributed by atoms with Gasteiger partial charge in [-0.3, -0.25) is 0 Å². The SMILES string of the molecule is Cc1ccc(-c2nc(CSc3ccc(S(=O)(=O)N4CCOCC4)cn3)cs2)o1. The highest BCUT2D eigenvalue weighted by molar-refractivity contribution is 7.98. The molecule has 3 aromatic heterocycles. The molecule has 1 fully saturated rings. The summed E-state index contributed by atoms with van der Waals surface area (Å²) in [5.74, 6) is 2.28. The second kappa shape index (κ2) is 8.34. The smallest absolute Gasteiger partial charge is 0.244 e. The number of pyridine rings is 1. The quantitative estimate of drug-likeness (QED) is 0.546. The van der Waals surface area contributed by atoms with Crippen molar-refractivity contribution in [2.45, 2.75) is 22.6 Å². The zero-order valence-electron chi connectivity index (χ0n) is 15.2. The third-order valence-electron chi connectivity index (χ3n) is 4.19. The number of aryl methyl sites for hydroxylation is 1. The lowest BCUT2D eigenvalue weighted by Gasteiger charge is -2.25. The molecule has 3 aromatic rings. The molecule has 10 heteroatoms. The van der Waals surface area contributed by atoms with Crippen LogP contribution in [-0.2, 0) is 20.5 Å². The molecule has 0 radical (unpaired) electrons. The van der Waals surface area contributed by atoms with Crippen LogP contribution < -0.4 is 0 Å². The predicted molar refractivity (Wildman–Crippen MR) is 108 cm³/mol. The van der Waals surface area contributed by atoms with E-state index in [9.17, 15) is 8.42 Å². The summed E-state index contributed by atoms with van der Waals surface area (Å²) in [6.07, 6.45) is 1.42. The van der Waals surface area contributed by atoms with E-state index >= 15 is 0 Å². The van der Waals surface area contributed by atoms with Gasteiger partial charge in [0.25, 0.3) is 0 Å². The van der Waals surface area contributed by atoms with Gasteiger partial charge in [-0.15, -0.1) is 23.1 Å². The minimum absolute atomic E-state index is 0.211. The van der Waals surface area contributed by atoms with Crippen molar-refractivity contribution in [2.75, 3.05) is 26.3 Å². The summed E-state index contributed by atoms with van der Waals surface area (Å²) in [7, 11) is -3.51. The topological polar surface area (TPSA) is 85.5 Å². The Kier molecular flexibility index (Phi) is 5.83. The number of hydrogen-bond acceptors (Lipinski definition) is 8. The first-order valence-corrected chi connectivity index (χ1v) is 12.0. The maximum absolute atomic E-state index is 12.6. The molecule has 0 unspecified atom stereocenters. The molecule has 0 aromatic carbocycles. The van der Waals surface area contributed by atoms with Crippen molar-refractivity contribution in [1.82, 2.24) is 14.3 Å². The Hall–Kier alpha value is -1.72. The highest BCUT2D eigenvalue weighted by Gasteiger charge is 2.26. The molecule has 1 saturated heterocycles. The van der Waals surface area contributed by atoms with E-state index in [1.165, 1.54) is 33.6 Å². The first-order valence-electron chi connectivity index (χ1n) is 8.70. The third kappa shape index (κ3) is 4.31. The van der Waals surface area contributed by atoms with E-state index in [0.29, 0.717) is 32.1 Å². The van der Waals surface area contributed by atoms with Crippen molar-refractivity contribution >= 4 is 33.1 Å². The predicted octanol–water partition coefficient (Wildman–Crippen LogP) is 3.42. The average molecular weight is 438 g/mol. The van der Waals surface area contributed by atoms with Crippen molar-refractivity contribution in [2.24, 2.45) is 0 Å². The Morgan fingerprint density at radius 2 is 2.04 bits per heavy atom. The Morgan fingerprint density at radius 3 is 2.71 bits per heavy atom. The van der Waals surface area contributed by atoms with Crippen LogP contribution in [-0.4, -0.2) is 49.0 Å². The zero-order chi connectivity index (χ0) is 19.6. The van der Waals surface area contributed by atoms with Crippen LogP contribution in [0.3, 0.4) is 0 Å². The molecular formula is C18H19N3O4S3. The second-order valence-corrected chi connectivity index (χ2v) is 9.98. The van der Waals surface area contributed by atoms with Crippen LogP contribution in [0, 0.1) is 6.92 Å².